The van der Waals surface area contributed by atoms with Crippen molar-refractivity contribution in [3.63, 3.8) is 0 Å². The molecule has 0 fully saturated rings. The van der Waals surface area contributed by atoms with Gasteiger partial charge in [-0.2, -0.15) is 0 Å². The first-order valence-electron chi connectivity index (χ1n) is 10.3. The van der Waals surface area contributed by atoms with Crippen molar-refractivity contribution in [3.8, 4) is 17.2 Å². The first-order chi connectivity index (χ1) is 15.5. The van der Waals surface area contributed by atoms with Crippen LogP contribution in [0.2, 0.25) is 0 Å². The Bertz CT molecular complexity index is 1190. The minimum atomic E-state index is -0.533. The maximum absolute atomic E-state index is 12.3. The maximum atomic E-state index is 12.3. The molecule has 0 saturated carbocycles. The topological polar surface area (TPSA) is 106 Å². The summed E-state index contributed by atoms with van der Waals surface area (Å²) < 4.78 is 21.3. The van der Waals surface area contributed by atoms with Gasteiger partial charge in [0.05, 0.1) is 26.7 Å². The third-order valence-electron chi connectivity index (χ3n) is 5.37. The van der Waals surface area contributed by atoms with Gasteiger partial charge < -0.3 is 24.7 Å². The largest absolute Gasteiger partial charge is 0.496 e. The maximum Gasteiger partial charge on any atom is 0.331 e. The lowest BCUT2D eigenvalue weighted by Crippen LogP contribution is -2.07. The van der Waals surface area contributed by atoms with E-state index < -0.39 is 5.97 Å². The van der Waals surface area contributed by atoms with Crippen LogP contribution >= 0.6 is 11.3 Å². The number of carbonyl (C=O) groups is 1. The molecular weight excluding hydrogens is 430 g/mol. The second-order valence-electron chi connectivity index (χ2n) is 7.31. The number of esters is 1. The first kappa shape index (κ1) is 21.9. The molecular formula is C23H25N3O5S. The first-order valence-corrected chi connectivity index (χ1v) is 11.1. The number of nitrogen functional groups attached to an aromatic ring is 1. The second kappa shape index (κ2) is 9.44. The molecule has 2 aromatic heterocycles. The molecule has 32 heavy (non-hydrogen) atoms. The smallest absolute Gasteiger partial charge is 0.331 e. The standard InChI is InChI=1S/C23H25N3O5S/c1-28-15-11-17(30-3)16(29-2)10-13(15)8-9-20(27)31-12-19-25-22(24)21-14-6-4-5-7-18(14)32-23(21)26-19/h8-11H,4-7,12H2,1-3H3,(H2,24,25,26)/b9-8+. The number of hydrogen-bond donors (Lipinski definition) is 1. The van der Waals surface area contributed by atoms with Crippen molar-refractivity contribution in [2.45, 2.75) is 32.3 Å². The number of benzene rings is 1. The number of methoxy groups -OCH3 is 3. The molecule has 168 valence electrons. The number of nitrogens with zero attached hydrogens (tertiary/aromatic N) is 2. The quantitative estimate of drug-likeness (QED) is 0.422. The number of fused-ring (bicyclic) bond motifs is 3. The Labute approximate surface area is 190 Å². The predicted molar refractivity (Wildman–Crippen MR) is 123 cm³/mol. The Balaban J connectivity index is 1.47. The third kappa shape index (κ3) is 4.34. The highest BCUT2D eigenvalue weighted by molar-refractivity contribution is 7.19. The van der Waals surface area contributed by atoms with E-state index in [1.165, 1.54) is 30.0 Å². The van der Waals surface area contributed by atoms with Crippen molar-refractivity contribution in [2.24, 2.45) is 0 Å². The fourth-order valence-corrected chi connectivity index (χ4v) is 5.11. The van der Waals surface area contributed by atoms with Crippen LogP contribution in [0.3, 0.4) is 0 Å². The van der Waals surface area contributed by atoms with Crippen LogP contribution in [0.4, 0.5) is 5.82 Å². The van der Waals surface area contributed by atoms with Gasteiger partial charge in [0.2, 0.25) is 0 Å². The van der Waals surface area contributed by atoms with Crippen molar-refractivity contribution in [2.75, 3.05) is 27.1 Å². The van der Waals surface area contributed by atoms with Gasteiger partial charge in [-0.1, -0.05) is 0 Å². The fourth-order valence-electron chi connectivity index (χ4n) is 3.82. The molecule has 4 rings (SSSR count). The van der Waals surface area contributed by atoms with Crippen LogP contribution in [0.25, 0.3) is 16.3 Å². The average molecular weight is 456 g/mol. The minimum Gasteiger partial charge on any atom is -0.496 e. The predicted octanol–water partition coefficient (Wildman–Crippen LogP) is 3.93. The number of ether oxygens (including phenoxy) is 4. The summed E-state index contributed by atoms with van der Waals surface area (Å²) in [6, 6.07) is 3.41. The highest BCUT2D eigenvalue weighted by Crippen LogP contribution is 2.38. The van der Waals surface area contributed by atoms with Crippen LogP contribution in [0, 0.1) is 0 Å². The number of carbonyl (C=O) groups excluding carboxylic acids is 1. The number of hydrogen-bond acceptors (Lipinski definition) is 9. The Morgan fingerprint density at radius 3 is 2.53 bits per heavy atom. The van der Waals surface area contributed by atoms with Gasteiger partial charge in [-0.3, -0.25) is 0 Å². The number of thiophene rings is 1. The van der Waals surface area contributed by atoms with Crippen LogP contribution in [0.1, 0.15) is 34.7 Å². The number of aromatic nitrogens is 2. The van der Waals surface area contributed by atoms with Gasteiger partial charge in [0.25, 0.3) is 0 Å². The Morgan fingerprint density at radius 2 is 1.78 bits per heavy atom. The molecule has 1 aromatic carbocycles. The van der Waals surface area contributed by atoms with Crippen molar-refractivity contribution in [3.05, 3.63) is 40.0 Å². The van der Waals surface area contributed by atoms with E-state index >= 15 is 0 Å². The average Bonchev–Trinajstić information content (AvgIpc) is 3.19. The van der Waals surface area contributed by atoms with Crippen LogP contribution in [0.15, 0.2) is 18.2 Å². The van der Waals surface area contributed by atoms with Gasteiger partial charge in [-0.25, -0.2) is 14.8 Å². The highest BCUT2D eigenvalue weighted by Gasteiger charge is 2.20. The normalized spacial score (nSPS) is 13.2. The van der Waals surface area contributed by atoms with E-state index in [-0.39, 0.29) is 6.61 Å². The summed E-state index contributed by atoms with van der Waals surface area (Å²) in [7, 11) is 4.62. The lowest BCUT2D eigenvalue weighted by atomic mass is 9.97. The molecule has 9 heteroatoms. The summed E-state index contributed by atoms with van der Waals surface area (Å²) in [6.45, 7) is -0.0606. The lowest BCUT2D eigenvalue weighted by molar-refractivity contribution is -0.139. The second-order valence-corrected chi connectivity index (χ2v) is 8.39. The fraction of sp³-hybridized carbons (Fsp3) is 0.348. The third-order valence-corrected chi connectivity index (χ3v) is 6.55. The van der Waals surface area contributed by atoms with Gasteiger partial charge in [-0.15, -0.1) is 11.3 Å². The van der Waals surface area contributed by atoms with Crippen LogP contribution < -0.4 is 19.9 Å². The number of rotatable bonds is 7. The van der Waals surface area contributed by atoms with Crippen molar-refractivity contribution in [1.82, 2.24) is 9.97 Å². The minimum absolute atomic E-state index is 0.0606. The van der Waals surface area contributed by atoms with Crippen molar-refractivity contribution < 1.29 is 23.7 Å². The number of nitrogens with two attached hydrogens (primary N) is 1. The molecule has 2 N–H and O–H groups in total. The van der Waals surface area contributed by atoms with E-state index in [1.54, 1.807) is 43.8 Å². The molecule has 2 heterocycles. The molecule has 3 aromatic rings. The van der Waals surface area contributed by atoms with Gasteiger partial charge in [-0.05, 0) is 43.4 Å². The van der Waals surface area contributed by atoms with Gasteiger partial charge in [0.15, 0.2) is 23.9 Å². The van der Waals surface area contributed by atoms with E-state index in [0.717, 1.165) is 29.5 Å². The molecule has 1 aliphatic carbocycles. The number of aryl methyl sites for hydroxylation is 2. The summed E-state index contributed by atoms with van der Waals surface area (Å²) in [5, 5.41) is 0.959. The molecule has 0 atom stereocenters. The molecule has 0 bridgehead atoms. The molecule has 1 aliphatic rings. The summed E-state index contributed by atoms with van der Waals surface area (Å²) in [6.07, 6.45) is 7.33. The van der Waals surface area contributed by atoms with Crippen LogP contribution in [-0.2, 0) is 29.0 Å². The molecule has 0 unspecified atom stereocenters. The molecule has 8 nitrogen and oxygen atoms in total. The Kier molecular flexibility index (Phi) is 6.45. The lowest BCUT2D eigenvalue weighted by Gasteiger charge is -2.12. The summed E-state index contributed by atoms with van der Waals surface area (Å²) in [5.74, 6) is 1.90. The Hall–Kier alpha value is -3.33. The van der Waals surface area contributed by atoms with E-state index in [2.05, 4.69) is 9.97 Å². The monoisotopic (exact) mass is 455 g/mol. The summed E-state index contributed by atoms with van der Waals surface area (Å²) >= 11 is 1.66. The SMILES string of the molecule is COc1cc(OC)c(OC)cc1/C=C/C(=O)OCc1nc(N)c2c3c(sc2n1)CCCC3. The van der Waals surface area contributed by atoms with Gasteiger partial charge in [0.1, 0.15) is 16.4 Å². The van der Waals surface area contributed by atoms with E-state index in [4.69, 9.17) is 24.7 Å². The molecule has 0 saturated heterocycles. The van der Waals surface area contributed by atoms with Gasteiger partial charge >= 0.3 is 5.97 Å². The van der Waals surface area contributed by atoms with Crippen LogP contribution in [0.5, 0.6) is 17.2 Å². The van der Waals surface area contributed by atoms with Crippen LogP contribution in [-0.4, -0.2) is 37.3 Å². The van der Waals surface area contributed by atoms with Gasteiger partial charge in [0, 0.05) is 22.6 Å². The zero-order valence-electron chi connectivity index (χ0n) is 18.3. The van der Waals surface area contributed by atoms with E-state index in [9.17, 15) is 4.79 Å². The summed E-state index contributed by atoms with van der Waals surface area (Å²) in [4.78, 5) is 23.4. The zero-order valence-corrected chi connectivity index (χ0v) is 19.1. The van der Waals surface area contributed by atoms with Crippen molar-refractivity contribution >= 4 is 39.4 Å². The zero-order chi connectivity index (χ0) is 22.7. The molecule has 0 spiro atoms. The molecule has 0 aliphatic heterocycles. The number of anilines is 1. The van der Waals surface area contributed by atoms with E-state index in [1.807, 2.05) is 0 Å². The molecule has 0 radical (unpaired) electrons. The van der Waals surface area contributed by atoms with Crippen molar-refractivity contribution in [1.29, 1.82) is 0 Å². The van der Waals surface area contributed by atoms with E-state index in [0.29, 0.717) is 34.5 Å². The Morgan fingerprint density at radius 1 is 1.06 bits per heavy atom. The summed E-state index contributed by atoms with van der Waals surface area (Å²) in [5.41, 5.74) is 8.14. The highest BCUT2D eigenvalue weighted by atomic mass is 32.1. The molecule has 0 amide bonds.